The zero-order chi connectivity index (χ0) is 29.5. The number of halogens is 1. The minimum absolute atomic E-state index is 0.0133. The SMILES string of the molecule is O=c1c(-c2ccc(Cl)cc2)nc2cccnc2n1CCCO.O=c1c(-c2ccccc2)nc2cccnc2n1CCO. The van der Waals surface area contributed by atoms with E-state index >= 15 is 0 Å². The van der Waals surface area contributed by atoms with Crippen LogP contribution in [0.5, 0.6) is 0 Å². The third kappa shape index (κ3) is 6.10. The maximum Gasteiger partial charge on any atom is 0.278 e. The molecule has 0 fully saturated rings. The van der Waals surface area contributed by atoms with Gasteiger partial charge in [0.05, 0.1) is 13.2 Å². The number of rotatable bonds is 7. The number of aryl methyl sites for hydroxylation is 1. The number of aliphatic hydroxyl groups excluding tert-OH is 2. The molecule has 2 N–H and O–H groups in total. The van der Waals surface area contributed by atoms with Gasteiger partial charge in [0.15, 0.2) is 11.3 Å². The molecule has 4 aromatic heterocycles. The molecular weight excluding hydrogens is 556 g/mol. The summed E-state index contributed by atoms with van der Waals surface area (Å²) in [4.78, 5) is 42.5. The molecule has 0 aliphatic heterocycles. The molecule has 4 heterocycles. The zero-order valence-electron chi connectivity index (χ0n) is 22.5. The van der Waals surface area contributed by atoms with Crippen LogP contribution >= 0.6 is 11.6 Å². The molecule has 0 radical (unpaired) electrons. The van der Waals surface area contributed by atoms with Crippen molar-refractivity contribution in [2.24, 2.45) is 0 Å². The number of aromatic nitrogens is 6. The lowest BCUT2D eigenvalue weighted by atomic mass is 10.1. The molecule has 0 spiro atoms. The summed E-state index contributed by atoms with van der Waals surface area (Å²) < 4.78 is 3.02. The number of hydrogen-bond acceptors (Lipinski definition) is 8. The van der Waals surface area contributed by atoms with Crippen LogP contribution in [0.15, 0.2) is 101 Å². The lowest BCUT2D eigenvalue weighted by Crippen LogP contribution is -2.25. The molecule has 0 saturated heterocycles. The molecule has 6 aromatic rings. The van der Waals surface area contributed by atoms with E-state index in [-0.39, 0.29) is 30.9 Å². The van der Waals surface area contributed by atoms with Crippen molar-refractivity contribution in [3.8, 4) is 22.5 Å². The minimum atomic E-state index is -0.239. The monoisotopic (exact) mass is 582 g/mol. The minimum Gasteiger partial charge on any atom is -0.396 e. The summed E-state index contributed by atoms with van der Waals surface area (Å²) >= 11 is 5.89. The van der Waals surface area contributed by atoms with Gasteiger partial charge in [-0.15, -0.1) is 0 Å². The summed E-state index contributed by atoms with van der Waals surface area (Å²) in [5.74, 6) is 0. The van der Waals surface area contributed by atoms with Gasteiger partial charge in [0.1, 0.15) is 22.4 Å². The molecule has 0 amide bonds. The highest BCUT2D eigenvalue weighted by Gasteiger charge is 2.14. The van der Waals surface area contributed by atoms with Crippen molar-refractivity contribution in [1.29, 1.82) is 0 Å². The van der Waals surface area contributed by atoms with Crippen LogP contribution in [-0.2, 0) is 13.1 Å². The first-order valence-electron chi connectivity index (χ1n) is 13.3. The van der Waals surface area contributed by atoms with Gasteiger partial charge in [-0.3, -0.25) is 18.7 Å². The van der Waals surface area contributed by atoms with E-state index in [0.717, 1.165) is 5.56 Å². The van der Waals surface area contributed by atoms with E-state index in [9.17, 15) is 9.59 Å². The van der Waals surface area contributed by atoms with E-state index < -0.39 is 0 Å². The van der Waals surface area contributed by atoms with Crippen molar-refractivity contribution in [1.82, 2.24) is 29.1 Å². The van der Waals surface area contributed by atoms with E-state index in [1.165, 1.54) is 4.57 Å². The molecule has 212 valence electrons. The Labute approximate surface area is 245 Å². The van der Waals surface area contributed by atoms with E-state index in [2.05, 4.69) is 19.9 Å². The second-order valence-electron chi connectivity index (χ2n) is 9.20. The van der Waals surface area contributed by atoms with E-state index in [4.69, 9.17) is 21.8 Å². The number of pyridine rings is 2. The van der Waals surface area contributed by atoms with Crippen molar-refractivity contribution in [3.05, 3.63) is 117 Å². The quantitative estimate of drug-likeness (QED) is 0.289. The highest BCUT2D eigenvalue weighted by atomic mass is 35.5. The van der Waals surface area contributed by atoms with Crippen LogP contribution in [0, 0.1) is 0 Å². The van der Waals surface area contributed by atoms with Crippen LogP contribution in [0.3, 0.4) is 0 Å². The van der Waals surface area contributed by atoms with Gasteiger partial charge in [-0.25, -0.2) is 19.9 Å². The Morgan fingerprint density at radius 2 is 1.14 bits per heavy atom. The Morgan fingerprint density at radius 1 is 0.619 bits per heavy atom. The Balaban J connectivity index is 0.000000169. The van der Waals surface area contributed by atoms with Crippen LogP contribution in [0.1, 0.15) is 6.42 Å². The summed E-state index contributed by atoms with van der Waals surface area (Å²) in [7, 11) is 0. The van der Waals surface area contributed by atoms with Crippen LogP contribution in [0.25, 0.3) is 44.8 Å². The fourth-order valence-corrected chi connectivity index (χ4v) is 4.60. The molecule has 11 heteroatoms. The number of benzene rings is 2. The number of nitrogens with zero attached hydrogens (tertiary/aromatic N) is 6. The average molecular weight is 583 g/mol. The molecule has 0 saturated carbocycles. The molecule has 42 heavy (non-hydrogen) atoms. The molecule has 0 aliphatic rings. The third-order valence-electron chi connectivity index (χ3n) is 6.43. The predicted octanol–water partition coefficient (Wildman–Crippen LogP) is 3.95. The fourth-order valence-electron chi connectivity index (χ4n) is 4.48. The molecule has 0 unspecified atom stereocenters. The topological polar surface area (TPSA) is 136 Å². The fraction of sp³-hybridized carbons (Fsp3) is 0.161. The molecule has 10 nitrogen and oxygen atoms in total. The first kappa shape index (κ1) is 28.7. The largest absolute Gasteiger partial charge is 0.396 e. The predicted molar refractivity (Wildman–Crippen MR) is 162 cm³/mol. The van der Waals surface area contributed by atoms with Gasteiger partial charge in [-0.2, -0.15) is 0 Å². The van der Waals surface area contributed by atoms with E-state index in [1.54, 1.807) is 53.4 Å². The molecule has 0 atom stereocenters. The van der Waals surface area contributed by atoms with Crippen LogP contribution in [-0.4, -0.2) is 52.5 Å². The Kier molecular flexibility index (Phi) is 9.08. The number of hydrogen-bond donors (Lipinski definition) is 2. The lowest BCUT2D eigenvalue weighted by molar-refractivity contribution is 0.276. The van der Waals surface area contributed by atoms with Crippen molar-refractivity contribution in [2.45, 2.75) is 19.5 Å². The molecule has 0 bridgehead atoms. The summed E-state index contributed by atoms with van der Waals surface area (Å²) in [6.07, 6.45) is 3.72. The van der Waals surface area contributed by atoms with Crippen LogP contribution < -0.4 is 11.1 Å². The average Bonchev–Trinajstić information content (AvgIpc) is 3.03. The first-order valence-corrected chi connectivity index (χ1v) is 13.6. The van der Waals surface area contributed by atoms with Crippen molar-refractivity contribution < 1.29 is 10.2 Å². The molecule has 0 aliphatic carbocycles. The molecular formula is C31H27ClN6O4. The normalized spacial score (nSPS) is 10.9. The third-order valence-corrected chi connectivity index (χ3v) is 6.68. The summed E-state index contributed by atoms with van der Waals surface area (Å²) in [6, 6.07) is 23.5. The van der Waals surface area contributed by atoms with E-state index in [1.807, 2.05) is 42.5 Å². The second-order valence-corrected chi connectivity index (χ2v) is 9.64. The summed E-state index contributed by atoms with van der Waals surface area (Å²) in [6.45, 7) is 0.490. The Hall–Kier alpha value is -4.77. The smallest absolute Gasteiger partial charge is 0.278 e. The van der Waals surface area contributed by atoms with Gasteiger partial charge in [-0.1, -0.05) is 54.1 Å². The highest BCUT2D eigenvalue weighted by Crippen LogP contribution is 2.19. The zero-order valence-corrected chi connectivity index (χ0v) is 23.2. The van der Waals surface area contributed by atoms with Gasteiger partial charge >= 0.3 is 0 Å². The Bertz CT molecular complexity index is 1940. The molecule has 6 rings (SSSR count). The number of fused-ring (bicyclic) bond motifs is 2. The van der Waals surface area contributed by atoms with Crippen molar-refractivity contribution in [3.63, 3.8) is 0 Å². The Morgan fingerprint density at radius 3 is 1.67 bits per heavy atom. The van der Waals surface area contributed by atoms with Crippen molar-refractivity contribution >= 4 is 33.9 Å². The van der Waals surface area contributed by atoms with Crippen LogP contribution in [0.4, 0.5) is 0 Å². The van der Waals surface area contributed by atoms with Crippen molar-refractivity contribution in [2.75, 3.05) is 13.2 Å². The van der Waals surface area contributed by atoms with E-state index in [0.29, 0.717) is 57.3 Å². The van der Waals surface area contributed by atoms with Crippen LogP contribution in [0.2, 0.25) is 5.02 Å². The second kappa shape index (κ2) is 13.3. The van der Waals surface area contributed by atoms with Gasteiger partial charge < -0.3 is 10.2 Å². The number of aliphatic hydroxyl groups is 2. The summed E-state index contributed by atoms with van der Waals surface area (Å²) in [5, 5.41) is 18.8. The first-order chi connectivity index (χ1) is 20.5. The standard InChI is InChI=1S/C16H14ClN3O2.C15H13N3O2/c17-12-6-4-11(5-7-12)14-16(22)20(9-2-10-21)15-13(19-14)3-1-8-18-15;19-10-9-18-14-12(7-4-8-16-14)17-13(15(18)20)11-5-2-1-3-6-11/h1,3-8,21H,2,9-10H2;1-8,19H,9-10H2. The maximum atomic E-state index is 12.7. The molecule has 2 aromatic carbocycles. The lowest BCUT2D eigenvalue weighted by Gasteiger charge is -2.11. The highest BCUT2D eigenvalue weighted by molar-refractivity contribution is 6.30. The maximum absolute atomic E-state index is 12.7. The van der Waals surface area contributed by atoms with Gasteiger partial charge in [0.25, 0.3) is 11.1 Å². The van der Waals surface area contributed by atoms with Gasteiger partial charge in [-0.05, 0) is 42.8 Å². The summed E-state index contributed by atoms with van der Waals surface area (Å²) in [5.41, 5.74) is 4.04. The van der Waals surface area contributed by atoms with Gasteiger partial charge in [0.2, 0.25) is 0 Å². The van der Waals surface area contributed by atoms with Gasteiger partial charge in [0, 0.05) is 41.7 Å².